The van der Waals surface area contributed by atoms with Crippen molar-refractivity contribution < 1.29 is 28.6 Å². The molecule has 1 heterocycles. The average Bonchev–Trinajstić information content (AvgIpc) is 3.11. The summed E-state index contributed by atoms with van der Waals surface area (Å²) in [5, 5.41) is 1.77. The van der Waals surface area contributed by atoms with E-state index in [1.165, 1.54) is 0 Å². The second kappa shape index (κ2) is 11.8. The largest absolute Gasteiger partial charge is 0.490 e. The maximum absolute atomic E-state index is 12.7. The van der Waals surface area contributed by atoms with Crippen LogP contribution in [-0.2, 0) is 20.9 Å². The van der Waals surface area contributed by atoms with E-state index >= 15 is 0 Å². The lowest BCUT2D eigenvalue weighted by Gasteiger charge is -2.16. The Labute approximate surface area is 226 Å². The number of rotatable bonds is 9. The number of ether oxygens (including phenoxy) is 3. The van der Waals surface area contributed by atoms with Crippen LogP contribution in [0.3, 0.4) is 0 Å². The molecule has 1 saturated heterocycles. The van der Waals surface area contributed by atoms with E-state index in [9.17, 15) is 14.4 Å². The number of imide groups is 1. The van der Waals surface area contributed by atoms with Gasteiger partial charge in [-0.15, -0.1) is 0 Å². The Kier molecular flexibility index (Phi) is 8.52. The van der Waals surface area contributed by atoms with E-state index in [4.69, 9.17) is 14.2 Å². The summed E-state index contributed by atoms with van der Waals surface area (Å²) in [7, 11) is 0. The van der Waals surface area contributed by atoms with Gasteiger partial charge in [0.25, 0.3) is 11.1 Å². The lowest BCUT2D eigenvalue weighted by Crippen LogP contribution is -2.34. The minimum Gasteiger partial charge on any atom is -0.490 e. The van der Waals surface area contributed by atoms with Gasteiger partial charge in [-0.2, -0.15) is 0 Å². The van der Waals surface area contributed by atoms with Gasteiger partial charge in [0.15, 0.2) is 11.5 Å². The molecule has 1 fully saturated rings. The van der Waals surface area contributed by atoms with Gasteiger partial charge < -0.3 is 14.2 Å². The van der Waals surface area contributed by atoms with Gasteiger partial charge in [0.1, 0.15) is 13.2 Å². The third kappa shape index (κ3) is 5.84. The summed E-state index contributed by atoms with van der Waals surface area (Å²) in [5.41, 5.74) is 1.74. The Bertz CT molecular complexity index is 1350. The summed E-state index contributed by atoms with van der Waals surface area (Å²) in [4.78, 5) is 37.9. The van der Waals surface area contributed by atoms with E-state index in [0.29, 0.717) is 30.3 Å². The van der Waals surface area contributed by atoms with E-state index in [1.807, 2.05) is 37.3 Å². The molecule has 0 saturated carbocycles. The molecule has 9 heteroatoms. The molecule has 7 nitrogen and oxygen atoms in total. The van der Waals surface area contributed by atoms with E-state index in [-0.39, 0.29) is 11.5 Å². The smallest absolute Gasteiger partial charge is 0.326 e. The molecule has 1 aliphatic heterocycles. The van der Waals surface area contributed by atoms with Gasteiger partial charge in [-0.05, 0) is 88.3 Å². The Hall–Kier alpha value is -3.05. The molecular weight excluding hydrogens is 593 g/mol. The number of amides is 2. The molecule has 36 heavy (non-hydrogen) atoms. The summed E-state index contributed by atoms with van der Waals surface area (Å²) in [6.45, 7) is 4.12. The average molecular weight is 617 g/mol. The van der Waals surface area contributed by atoms with Crippen molar-refractivity contribution in [2.24, 2.45) is 0 Å². The van der Waals surface area contributed by atoms with E-state index in [1.54, 1.807) is 19.1 Å². The number of esters is 1. The Morgan fingerprint density at radius 1 is 1.03 bits per heavy atom. The van der Waals surface area contributed by atoms with Crippen LogP contribution >= 0.6 is 34.4 Å². The number of thioether (sulfide) groups is 1. The molecule has 0 bridgehead atoms. The first kappa shape index (κ1) is 26.0. The van der Waals surface area contributed by atoms with Crippen molar-refractivity contribution >= 4 is 68.3 Å². The highest BCUT2D eigenvalue weighted by Gasteiger charge is 2.36. The fourth-order valence-corrected chi connectivity index (χ4v) is 5.39. The SMILES string of the molecule is CCOC(=O)CN1C(=O)S/C(=C\c2cc(I)c(OCc3cccc4ccccc34)c(OCC)c2)C1=O. The molecule has 4 rings (SSSR count). The number of hydrogen-bond acceptors (Lipinski definition) is 7. The van der Waals surface area contributed by atoms with Crippen molar-refractivity contribution in [2.75, 3.05) is 19.8 Å². The van der Waals surface area contributed by atoms with Crippen molar-refractivity contribution in [1.82, 2.24) is 4.90 Å². The van der Waals surface area contributed by atoms with Crippen molar-refractivity contribution in [3.05, 3.63) is 74.2 Å². The maximum Gasteiger partial charge on any atom is 0.326 e. The highest BCUT2D eigenvalue weighted by atomic mass is 127. The highest BCUT2D eigenvalue weighted by Crippen LogP contribution is 2.38. The predicted octanol–water partition coefficient (Wildman–Crippen LogP) is 6.02. The lowest BCUT2D eigenvalue weighted by molar-refractivity contribution is -0.145. The Balaban J connectivity index is 1.57. The standard InChI is InChI=1S/C27H24INO6S/c1-3-33-22-13-17(14-23-26(31)29(27(32)36-23)15-24(30)34-4-2)12-21(28)25(22)35-16-19-10-7-9-18-8-5-6-11-20(18)19/h5-14H,3-4,15-16H2,1-2H3/b23-14-. The Morgan fingerprint density at radius 2 is 1.81 bits per heavy atom. The van der Waals surface area contributed by atoms with Crippen molar-refractivity contribution in [1.29, 1.82) is 0 Å². The molecule has 3 aromatic carbocycles. The number of carbonyl (C=O) groups is 3. The van der Waals surface area contributed by atoms with Crippen LogP contribution in [0.15, 0.2) is 59.5 Å². The van der Waals surface area contributed by atoms with Crippen LogP contribution < -0.4 is 9.47 Å². The zero-order valence-corrected chi connectivity index (χ0v) is 22.8. The second-order valence-electron chi connectivity index (χ2n) is 7.76. The molecule has 0 aliphatic carbocycles. The molecule has 186 valence electrons. The lowest BCUT2D eigenvalue weighted by atomic mass is 10.1. The maximum atomic E-state index is 12.7. The number of fused-ring (bicyclic) bond motifs is 1. The summed E-state index contributed by atoms with van der Waals surface area (Å²) in [6.07, 6.45) is 1.62. The van der Waals surface area contributed by atoms with Gasteiger partial charge in [-0.1, -0.05) is 42.5 Å². The molecule has 1 aliphatic rings. The fourth-order valence-electron chi connectivity index (χ4n) is 3.77. The quantitative estimate of drug-likeness (QED) is 0.165. The number of halogens is 1. The summed E-state index contributed by atoms with van der Waals surface area (Å²) >= 11 is 2.96. The highest BCUT2D eigenvalue weighted by molar-refractivity contribution is 14.1. The third-order valence-electron chi connectivity index (χ3n) is 5.35. The van der Waals surface area contributed by atoms with Crippen molar-refractivity contribution in [2.45, 2.75) is 20.5 Å². The molecule has 0 aromatic heterocycles. The van der Waals surface area contributed by atoms with Gasteiger partial charge in [-0.25, -0.2) is 0 Å². The van der Waals surface area contributed by atoms with Crippen LogP contribution in [-0.4, -0.2) is 41.8 Å². The van der Waals surface area contributed by atoms with Crippen LogP contribution in [0.4, 0.5) is 4.79 Å². The third-order valence-corrected chi connectivity index (χ3v) is 7.06. The van der Waals surface area contributed by atoms with Gasteiger partial charge >= 0.3 is 5.97 Å². The molecular formula is C27H24INO6S. The zero-order chi connectivity index (χ0) is 25.7. The number of nitrogens with zero attached hydrogens (tertiary/aromatic N) is 1. The monoisotopic (exact) mass is 617 g/mol. The number of benzene rings is 3. The molecule has 0 spiro atoms. The van der Waals surface area contributed by atoms with E-state index in [0.717, 1.165) is 36.6 Å². The summed E-state index contributed by atoms with van der Waals surface area (Å²) < 4.78 is 17.7. The van der Waals surface area contributed by atoms with E-state index < -0.39 is 23.7 Å². The normalized spacial score (nSPS) is 14.5. The number of hydrogen-bond donors (Lipinski definition) is 0. The van der Waals surface area contributed by atoms with Crippen LogP contribution in [0.2, 0.25) is 0 Å². The van der Waals surface area contributed by atoms with Crippen LogP contribution in [0.1, 0.15) is 25.0 Å². The first-order chi connectivity index (χ1) is 17.4. The molecule has 3 aromatic rings. The van der Waals surface area contributed by atoms with Crippen molar-refractivity contribution in [3.63, 3.8) is 0 Å². The van der Waals surface area contributed by atoms with Crippen LogP contribution in [0.25, 0.3) is 16.8 Å². The molecule has 0 radical (unpaired) electrons. The molecule has 0 unspecified atom stereocenters. The van der Waals surface area contributed by atoms with Gasteiger partial charge in [0.05, 0.1) is 21.7 Å². The molecule has 2 amide bonds. The van der Waals surface area contributed by atoms with Crippen molar-refractivity contribution in [3.8, 4) is 11.5 Å². The topological polar surface area (TPSA) is 82.1 Å². The molecule has 0 N–H and O–H groups in total. The zero-order valence-electron chi connectivity index (χ0n) is 19.8. The molecule has 0 atom stereocenters. The first-order valence-electron chi connectivity index (χ1n) is 11.4. The van der Waals surface area contributed by atoms with Gasteiger partial charge in [0.2, 0.25) is 0 Å². The first-order valence-corrected chi connectivity index (χ1v) is 13.3. The van der Waals surface area contributed by atoms with Gasteiger partial charge in [-0.3, -0.25) is 19.3 Å². The minimum atomic E-state index is -0.623. The summed E-state index contributed by atoms with van der Waals surface area (Å²) in [6, 6.07) is 17.9. The Morgan fingerprint density at radius 3 is 2.58 bits per heavy atom. The second-order valence-corrected chi connectivity index (χ2v) is 9.92. The predicted molar refractivity (Wildman–Crippen MR) is 148 cm³/mol. The minimum absolute atomic E-state index is 0.179. The summed E-state index contributed by atoms with van der Waals surface area (Å²) in [5.74, 6) is 0.00354. The van der Waals surface area contributed by atoms with Gasteiger partial charge in [0, 0.05) is 0 Å². The van der Waals surface area contributed by atoms with Crippen LogP contribution in [0, 0.1) is 3.57 Å². The number of carbonyl (C=O) groups excluding carboxylic acids is 3. The van der Waals surface area contributed by atoms with Crippen LogP contribution in [0.5, 0.6) is 11.5 Å². The fraction of sp³-hybridized carbons (Fsp3) is 0.222. The van der Waals surface area contributed by atoms with E-state index in [2.05, 4.69) is 40.8 Å².